The molecule has 0 radical (unpaired) electrons. The molecule has 0 saturated carbocycles. The van der Waals surface area contributed by atoms with Gasteiger partial charge in [-0.25, -0.2) is 19.9 Å². The number of fused-ring (bicyclic) bond motifs is 1. The van der Waals surface area contributed by atoms with Crippen LogP contribution in [0.3, 0.4) is 0 Å². The van der Waals surface area contributed by atoms with E-state index in [0.29, 0.717) is 23.1 Å². The quantitative estimate of drug-likeness (QED) is 0.632. The molecule has 0 aliphatic carbocycles. The van der Waals surface area contributed by atoms with Crippen LogP contribution in [0.1, 0.15) is 16.8 Å². The fraction of sp³-hybridized carbons (Fsp3) is 0.333. The number of hydrogen-bond acceptors (Lipinski definition) is 8. The SMILES string of the molecule is COc1cc(CN2CCc3nc(-c4cncnc4)ncc3C2)cc(OC)c1OC. The number of ether oxygens (including phenoxy) is 3. The fourth-order valence-corrected chi connectivity index (χ4v) is 3.55. The molecule has 0 bridgehead atoms. The molecule has 8 heteroatoms. The van der Waals surface area contributed by atoms with Crippen LogP contribution in [0.25, 0.3) is 11.4 Å². The molecule has 1 aromatic carbocycles. The summed E-state index contributed by atoms with van der Waals surface area (Å²) in [6.07, 6.45) is 7.74. The first-order valence-electron chi connectivity index (χ1n) is 9.33. The smallest absolute Gasteiger partial charge is 0.203 e. The highest BCUT2D eigenvalue weighted by Crippen LogP contribution is 2.38. The fourth-order valence-electron chi connectivity index (χ4n) is 3.55. The molecule has 2 aromatic heterocycles. The van der Waals surface area contributed by atoms with E-state index in [2.05, 4.69) is 19.9 Å². The summed E-state index contributed by atoms with van der Waals surface area (Å²) < 4.78 is 16.3. The first-order chi connectivity index (χ1) is 14.2. The van der Waals surface area contributed by atoms with Gasteiger partial charge >= 0.3 is 0 Å². The second-order valence-electron chi connectivity index (χ2n) is 6.79. The third-order valence-corrected chi connectivity index (χ3v) is 4.96. The van der Waals surface area contributed by atoms with Gasteiger partial charge in [0, 0.05) is 50.2 Å². The van der Waals surface area contributed by atoms with Crippen molar-refractivity contribution in [3.8, 4) is 28.6 Å². The molecule has 3 heterocycles. The van der Waals surface area contributed by atoms with Crippen molar-refractivity contribution in [3.63, 3.8) is 0 Å². The summed E-state index contributed by atoms with van der Waals surface area (Å²) in [6, 6.07) is 3.98. The molecule has 0 amide bonds. The molecule has 0 unspecified atom stereocenters. The van der Waals surface area contributed by atoms with E-state index < -0.39 is 0 Å². The Kier molecular flexibility index (Phi) is 5.53. The van der Waals surface area contributed by atoms with Crippen LogP contribution in [0.5, 0.6) is 17.2 Å². The molecule has 0 N–H and O–H groups in total. The molecule has 3 aromatic rings. The number of nitrogens with zero attached hydrogens (tertiary/aromatic N) is 5. The van der Waals surface area contributed by atoms with E-state index >= 15 is 0 Å². The summed E-state index contributed by atoms with van der Waals surface area (Å²) in [6.45, 7) is 2.47. The van der Waals surface area contributed by atoms with Gasteiger partial charge in [-0.2, -0.15) is 0 Å². The van der Waals surface area contributed by atoms with Crippen LogP contribution in [0.15, 0.2) is 37.1 Å². The Morgan fingerprint density at radius 2 is 1.69 bits per heavy atom. The molecule has 0 saturated heterocycles. The summed E-state index contributed by atoms with van der Waals surface area (Å²) >= 11 is 0. The van der Waals surface area contributed by atoms with Gasteiger partial charge in [0.1, 0.15) is 6.33 Å². The predicted octanol–water partition coefficient (Wildman–Crippen LogP) is 2.52. The number of aromatic nitrogens is 4. The molecule has 0 atom stereocenters. The highest BCUT2D eigenvalue weighted by molar-refractivity contribution is 5.54. The Bertz CT molecular complexity index is 972. The van der Waals surface area contributed by atoms with E-state index in [1.807, 2.05) is 18.3 Å². The normalized spacial score (nSPS) is 13.6. The molecule has 150 valence electrons. The average Bonchev–Trinajstić information content (AvgIpc) is 2.78. The molecule has 0 fully saturated rings. The number of benzene rings is 1. The van der Waals surface area contributed by atoms with Crippen molar-refractivity contribution < 1.29 is 14.2 Å². The largest absolute Gasteiger partial charge is 0.493 e. The lowest BCUT2D eigenvalue weighted by Gasteiger charge is -2.28. The Labute approximate surface area is 169 Å². The first-order valence-corrected chi connectivity index (χ1v) is 9.33. The molecule has 1 aliphatic rings. The van der Waals surface area contributed by atoms with Crippen molar-refractivity contribution in [1.29, 1.82) is 0 Å². The number of methoxy groups -OCH3 is 3. The molecular weight excluding hydrogens is 370 g/mol. The van der Waals surface area contributed by atoms with Crippen molar-refractivity contribution in [2.75, 3.05) is 27.9 Å². The van der Waals surface area contributed by atoms with Gasteiger partial charge in [0.15, 0.2) is 17.3 Å². The minimum absolute atomic E-state index is 0.605. The van der Waals surface area contributed by atoms with Crippen molar-refractivity contribution in [2.24, 2.45) is 0 Å². The van der Waals surface area contributed by atoms with Crippen LogP contribution < -0.4 is 14.2 Å². The standard InChI is InChI=1S/C21H23N5O3/c1-27-18-6-14(7-19(28-2)20(18)29-3)11-26-5-4-17-16(12-26)10-24-21(25-17)15-8-22-13-23-9-15/h6-10,13H,4-5,11-12H2,1-3H3. The highest BCUT2D eigenvalue weighted by atomic mass is 16.5. The average molecular weight is 393 g/mol. The second-order valence-corrected chi connectivity index (χ2v) is 6.79. The maximum Gasteiger partial charge on any atom is 0.203 e. The van der Waals surface area contributed by atoms with Gasteiger partial charge in [-0.05, 0) is 17.7 Å². The monoisotopic (exact) mass is 393 g/mol. The van der Waals surface area contributed by atoms with Gasteiger partial charge < -0.3 is 14.2 Å². The molecule has 1 aliphatic heterocycles. The van der Waals surface area contributed by atoms with Crippen LogP contribution in [-0.4, -0.2) is 52.7 Å². The molecule has 0 spiro atoms. The van der Waals surface area contributed by atoms with Gasteiger partial charge in [0.05, 0.1) is 32.6 Å². The number of hydrogen-bond donors (Lipinski definition) is 0. The molecule has 4 rings (SSSR count). The minimum Gasteiger partial charge on any atom is -0.493 e. The molecule has 29 heavy (non-hydrogen) atoms. The predicted molar refractivity (Wildman–Crippen MR) is 107 cm³/mol. The second kappa shape index (κ2) is 8.40. The van der Waals surface area contributed by atoms with E-state index in [1.54, 1.807) is 33.7 Å². The van der Waals surface area contributed by atoms with Crippen molar-refractivity contribution in [1.82, 2.24) is 24.8 Å². The van der Waals surface area contributed by atoms with Crippen molar-refractivity contribution in [3.05, 3.63) is 53.9 Å². The van der Waals surface area contributed by atoms with Crippen LogP contribution in [0, 0.1) is 0 Å². The molecular formula is C21H23N5O3. The van der Waals surface area contributed by atoms with Crippen molar-refractivity contribution >= 4 is 0 Å². The highest BCUT2D eigenvalue weighted by Gasteiger charge is 2.21. The van der Waals surface area contributed by atoms with Gasteiger partial charge in [0.25, 0.3) is 0 Å². The summed E-state index contributed by atoms with van der Waals surface area (Å²) in [5.74, 6) is 2.60. The number of rotatable bonds is 6. The maximum absolute atomic E-state index is 5.47. The third-order valence-electron chi connectivity index (χ3n) is 4.96. The van der Waals surface area contributed by atoms with Gasteiger partial charge in [-0.3, -0.25) is 4.90 Å². The lowest BCUT2D eigenvalue weighted by atomic mass is 10.1. The zero-order chi connectivity index (χ0) is 20.2. The van der Waals surface area contributed by atoms with Crippen molar-refractivity contribution in [2.45, 2.75) is 19.5 Å². The van der Waals surface area contributed by atoms with E-state index in [1.165, 1.54) is 6.33 Å². The summed E-state index contributed by atoms with van der Waals surface area (Å²) in [7, 11) is 4.87. The van der Waals surface area contributed by atoms with Crippen LogP contribution in [0.4, 0.5) is 0 Å². The Balaban J connectivity index is 1.52. The van der Waals surface area contributed by atoms with Gasteiger partial charge in [-0.1, -0.05) is 0 Å². The zero-order valence-corrected chi connectivity index (χ0v) is 16.8. The topological polar surface area (TPSA) is 82.5 Å². The summed E-state index contributed by atoms with van der Waals surface area (Å²) in [5, 5.41) is 0. The van der Waals surface area contributed by atoms with E-state index in [0.717, 1.165) is 48.4 Å². The summed E-state index contributed by atoms with van der Waals surface area (Å²) in [5.41, 5.74) is 4.15. The minimum atomic E-state index is 0.605. The van der Waals surface area contributed by atoms with Gasteiger partial charge in [-0.15, -0.1) is 0 Å². The van der Waals surface area contributed by atoms with Crippen LogP contribution in [-0.2, 0) is 19.5 Å². The third kappa shape index (κ3) is 3.97. The molecule has 8 nitrogen and oxygen atoms in total. The maximum atomic E-state index is 5.47. The van der Waals surface area contributed by atoms with Gasteiger partial charge in [0.2, 0.25) is 5.75 Å². The van der Waals surface area contributed by atoms with E-state index in [4.69, 9.17) is 19.2 Å². The van der Waals surface area contributed by atoms with Crippen LogP contribution >= 0.6 is 0 Å². The van der Waals surface area contributed by atoms with E-state index in [-0.39, 0.29) is 0 Å². The lowest BCUT2D eigenvalue weighted by Crippen LogP contribution is -2.31. The lowest BCUT2D eigenvalue weighted by molar-refractivity contribution is 0.241. The first kappa shape index (κ1) is 19.1. The zero-order valence-electron chi connectivity index (χ0n) is 16.8. The Morgan fingerprint density at radius 3 is 2.34 bits per heavy atom. The Morgan fingerprint density at radius 1 is 0.966 bits per heavy atom. The Hall–Kier alpha value is -3.26. The van der Waals surface area contributed by atoms with E-state index in [9.17, 15) is 0 Å². The van der Waals surface area contributed by atoms with Crippen LogP contribution in [0.2, 0.25) is 0 Å². The summed E-state index contributed by atoms with van der Waals surface area (Å²) in [4.78, 5) is 19.7.